The lowest BCUT2D eigenvalue weighted by atomic mass is 10.1. The number of nitrogens with two attached hydrogens (primary N) is 1. The standard InChI is InChI=1S/C11H26N4S/c1-9(2)15(3)10(8-16-4)6-5-7-14-11(12)13/h9-10H,5-8H2,1-4H3,(H4,12,13,14)/t10-/m0/s1. The van der Waals surface area contributed by atoms with Crippen LogP contribution >= 0.6 is 11.8 Å². The van der Waals surface area contributed by atoms with Crippen LogP contribution in [0.4, 0.5) is 0 Å². The predicted molar refractivity (Wildman–Crippen MR) is 74.2 cm³/mol. The third-order valence-corrected chi connectivity index (χ3v) is 3.50. The molecule has 0 saturated heterocycles. The molecule has 0 aromatic carbocycles. The maximum atomic E-state index is 7.07. The van der Waals surface area contributed by atoms with Gasteiger partial charge in [0.15, 0.2) is 5.96 Å². The molecule has 0 aromatic rings. The summed E-state index contributed by atoms with van der Waals surface area (Å²) < 4.78 is 0. The van der Waals surface area contributed by atoms with Gasteiger partial charge in [0.25, 0.3) is 0 Å². The second kappa shape index (κ2) is 8.70. The highest BCUT2D eigenvalue weighted by Gasteiger charge is 2.16. The summed E-state index contributed by atoms with van der Waals surface area (Å²) in [7, 11) is 2.18. The van der Waals surface area contributed by atoms with Gasteiger partial charge in [0.1, 0.15) is 0 Å². The Balaban J connectivity index is 3.89. The molecule has 0 aliphatic rings. The summed E-state index contributed by atoms with van der Waals surface area (Å²) in [6, 6.07) is 1.20. The lowest BCUT2D eigenvalue weighted by Gasteiger charge is -2.31. The third-order valence-electron chi connectivity index (χ3n) is 2.78. The first-order valence-electron chi connectivity index (χ1n) is 5.77. The Labute approximate surface area is 104 Å². The first-order valence-corrected chi connectivity index (χ1v) is 7.17. The largest absolute Gasteiger partial charge is 0.370 e. The van der Waals surface area contributed by atoms with Crippen LogP contribution in [0.3, 0.4) is 0 Å². The SMILES string of the molecule is CSC[C@H](CCCNC(=N)N)N(C)C(C)C. The van der Waals surface area contributed by atoms with Crippen molar-refractivity contribution in [3.63, 3.8) is 0 Å². The predicted octanol–water partition coefficient (Wildman–Crippen LogP) is 1.32. The quantitative estimate of drug-likeness (QED) is 0.343. The minimum atomic E-state index is 0.0682. The molecule has 0 aliphatic heterocycles. The first kappa shape index (κ1) is 15.6. The van der Waals surface area contributed by atoms with E-state index in [9.17, 15) is 0 Å². The number of hydrogen-bond donors (Lipinski definition) is 3. The number of hydrogen-bond acceptors (Lipinski definition) is 3. The van der Waals surface area contributed by atoms with E-state index in [0.29, 0.717) is 12.1 Å². The number of nitrogens with zero attached hydrogens (tertiary/aromatic N) is 1. The second-order valence-corrected chi connectivity index (χ2v) is 5.26. The van der Waals surface area contributed by atoms with Crippen LogP contribution in [0.2, 0.25) is 0 Å². The van der Waals surface area contributed by atoms with Crippen molar-refractivity contribution in [3.8, 4) is 0 Å². The van der Waals surface area contributed by atoms with Crippen molar-refractivity contribution in [2.75, 3.05) is 25.6 Å². The van der Waals surface area contributed by atoms with Gasteiger partial charge in [-0.05, 0) is 40.0 Å². The van der Waals surface area contributed by atoms with E-state index < -0.39 is 0 Å². The molecule has 96 valence electrons. The lowest BCUT2D eigenvalue weighted by Crippen LogP contribution is -2.39. The van der Waals surface area contributed by atoms with Gasteiger partial charge < -0.3 is 16.0 Å². The molecule has 0 bridgehead atoms. The van der Waals surface area contributed by atoms with Gasteiger partial charge in [-0.1, -0.05) is 0 Å². The molecule has 0 aromatic heterocycles. The molecule has 5 heteroatoms. The molecule has 0 rings (SSSR count). The molecule has 1 atom stereocenters. The van der Waals surface area contributed by atoms with Gasteiger partial charge >= 0.3 is 0 Å². The minimum absolute atomic E-state index is 0.0682. The molecule has 0 unspecified atom stereocenters. The van der Waals surface area contributed by atoms with Gasteiger partial charge in [0, 0.05) is 24.4 Å². The molecule has 16 heavy (non-hydrogen) atoms. The Hall–Kier alpha value is -0.420. The van der Waals surface area contributed by atoms with Crippen LogP contribution in [-0.2, 0) is 0 Å². The van der Waals surface area contributed by atoms with Crippen LogP contribution in [-0.4, -0.2) is 48.5 Å². The van der Waals surface area contributed by atoms with E-state index in [0.717, 1.165) is 25.1 Å². The normalized spacial score (nSPS) is 13.1. The molecule has 0 amide bonds. The Morgan fingerprint density at radius 1 is 1.50 bits per heavy atom. The zero-order valence-electron chi connectivity index (χ0n) is 10.9. The molecule has 0 radical (unpaired) electrons. The maximum Gasteiger partial charge on any atom is 0.185 e. The van der Waals surface area contributed by atoms with Crippen molar-refractivity contribution in [2.45, 2.75) is 38.8 Å². The smallest absolute Gasteiger partial charge is 0.185 e. The number of thioether (sulfide) groups is 1. The molecule has 0 spiro atoms. The van der Waals surface area contributed by atoms with Crippen LogP contribution in [0.15, 0.2) is 0 Å². The van der Waals surface area contributed by atoms with Crippen molar-refractivity contribution >= 4 is 17.7 Å². The summed E-state index contributed by atoms with van der Waals surface area (Å²) in [6.45, 7) is 5.24. The molecule has 0 aliphatic carbocycles. The highest BCUT2D eigenvalue weighted by Crippen LogP contribution is 2.13. The second-order valence-electron chi connectivity index (χ2n) is 4.35. The number of guanidine groups is 1. The summed E-state index contributed by atoms with van der Waals surface area (Å²) in [4.78, 5) is 2.42. The van der Waals surface area contributed by atoms with Crippen LogP contribution in [0, 0.1) is 5.41 Å². The van der Waals surface area contributed by atoms with E-state index in [1.807, 2.05) is 11.8 Å². The molecule has 0 heterocycles. The van der Waals surface area contributed by atoms with Gasteiger partial charge in [-0.3, -0.25) is 5.41 Å². The fraction of sp³-hybridized carbons (Fsp3) is 0.909. The topological polar surface area (TPSA) is 65.1 Å². The van der Waals surface area contributed by atoms with Crippen LogP contribution < -0.4 is 11.1 Å². The van der Waals surface area contributed by atoms with E-state index in [1.54, 1.807) is 0 Å². The average molecular weight is 246 g/mol. The van der Waals surface area contributed by atoms with Gasteiger partial charge in [-0.2, -0.15) is 11.8 Å². The van der Waals surface area contributed by atoms with Crippen molar-refractivity contribution in [3.05, 3.63) is 0 Å². The van der Waals surface area contributed by atoms with Gasteiger partial charge in [-0.15, -0.1) is 0 Å². The zero-order valence-corrected chi connectivity index (χ0v) is 11.7. The maximum absolute atomic E-state index is 7.07. The number of nitrogens with one attached hydrogen (secondary N) is 2. The Morgan fingerprint density at radius 2 is 2.12 bits per heavy atom. The Bertz CT molecular complexity index is 196. The monoisotopic (exact) mass is 246 g/mol. The van der Waals surface area contributed by atoms with Crippen LogP contribution in [0.25, 0.3) is 0 Å². The van der Waals surface area contributed by atoms with Crippen LogP contribution in [0.5, 0.6) is 0 Å². The van der Waals surface area contributed by atoms with Crippen molar-refractivity contribution in [1.82, 2.24) is 10.2 Å². The van der Waals surface area contributed by atoms with E-state index >= 15 is 0 Å². The minimum Gasteiger partial charge on any atom is -0.370 e. The molecular weight excluding hydrogens is 220 g/mol. The summed E-state index contributed by atoms with van der Waals surface area (Å²) in [5, 5.41) is 9.91. The summed E-state index contributed by atoms with van der Waals surface area (Å²) in [5.41, 5.74) is 5.23. The van der Waals surface area contributed by atoms with Gasteiger partial charge in [0.2, 0.25) is 0 Å². The fourth-order valence-electron chi connectivity index (χ4n) is 1.58. The summed E-state index contributed by atoms with van der Waals surface area (Å²) in [5.74, 6) is 1.23. The van der Waals surface area contributed by atoms with Crippen molar-refractivity contribution in [2.24, 2.45) is 5.73 Å². The van der Waals surface area contributed by atoms with Gasteiger partial charge in [0.05, 0.1) is 0 Å². The summed E-state index contributed by atoms with van der Waals surface area (Å²) >= 11 is 1.89. The highest BCUT2D eigenvalue weighted by molar-refractivity contribution is 7.98. The first-order chi connectivity index (χ1) is 7.49. The summed E-state index contributed by atoms with van der Waals surface area (Å²) in [6.07, 6.45) is 4.35. The lowest BCUT2D eigenvalue weighted by molar-refractivity contribution is 0.200. The molecule has 0 saturated carbocycles. The van der Waals surface area contributed by atoms with E-state index in [-0.39, 0.29) is 5.96 Å². The average Bonchev–Trinajstić information content (AvgIpc) is 2.21. The Morgan fingerprint density at radius 3 is 2.56 bits per heavy atom. The highest BCUT2D eigenvalue weighted by atomic mass is 32.2. The van der Waals surface area contributed by atoms with E-state index in [2.05, 4.69) is 37.4 Å². The molecule has 4 N–H and O–H groups in total. The van der Waals surface area contributed by atoms with E-state index in [1.165, 1.54) is 0 Å². The Kier molecular flexibility index (Phi) is 8.47. The zero-order chi connectivity index (χ0) is 12.6. The van der Waals surface area contributed by atoms with Crippen molar-refractivity contribution in [1.29, 1.82) is 5.41 Å². The van der Waals surface area contributed by atoms with Gasteiger partial charge in [-0.25, -0.2) is 0 Å². The molecule has 0 fully saturated rings. The number of rotatable bonds is 8. The van der Waals surface area contributed by atoms with Crippen LogP contribution in [0.1, 0.15) is 26.7 Å². The molecular formula is C11H26N4S. The van der Waals surface area contributed by atoms with Crippen molar-refractivity contribution < 1.29 is 0 Å². The fourth-order valence-corrected chi connectivity index (χ4v) is 2.37. The molecule has 4 nitrogen and oxygen atoms in total. The third kappa shape index (κ3) is 6.95. The van der Waals surface area contributed by atoms with E-state index in [4.69, 9.17) is 11.1 Å².